The van der Waals surface area contributed by atoms with Gasteiger partial charge >= 0.3 is 0 Å². The van der Waals surface area contributed by atoms with Gasteiger partial charge in [0, 0.05) is 83.1 Å². The average Bonchev–Trinajstić information content (AvgIpc) is 4.16. The predicted molar refractivity (Wildman–Crippen MR) is 258 cm³/mol. The zero-order valence-corrected chi connectivity index (χ0v) is 35.3. The maximum absolute atomic E-state index is 11.4. The monoisotopic (exact) mass is 878 g/mol. The normalized spacial score (nSPS) is 13.7. The van der Waals surface area contributed by atoms with Crippen LogP contribution in [-0.2, 0) is 12.8 Å². The van der Waals surface area contributed by atoms with E-state index in [1.165, 1.54) is 24.3 Å². The predicted octanol–water partition coefficient (Wildman–Crippen LogP) is 8.99. The van der Waals surface area contributed by atoms with E-state index in [1.807, 2.05) is 109 Å². The molecule has 10 rings (SSSR count). The van der Waals surface area contributed by atoms with Crippen LogP contribution in [0.25, 0.3) is 21.8 Å². The lowest BCUT2D eigenvalue weighted by atomic mass is 10.0. The molecule has 0 spiro atoms. The molecule has 16 heteroatoms. The first-order chi connectivity index (χ1) is 32.2. The van der Waals surface area contributed by atoms with Gasteiger partial charge in [0.05, 0.1) is 56.9 Å². The van der Waals surface area contributed by atoms with E-state index in [1.54, 1.807) is 12.1 Å². The summed E-state index contributed by atoms with van der Waals surface area (Å²) in [7, 11) is 0. The van der Waals surface area contributed by atoms with Crippen molar-refractivity contribution < 1.29 is 20.1 Å². The SMILES string of the molecule is O=[N+]([O-])c1ccc2[nH]c(O)c(C(=Nc3ccc(CC4=NCCN4)cc3)c3ccccc3)c2c1.O=[N+]([O-])c1ccc2[nH]c(O)c(C(=Nc3cccc(CC4=NCCN4)c3)c3ccccc3)c2c1. The molecule has 66 heavy (non-hydrogen) atoms. The summed E-state index contributed by atoms with van der Waals surface area (Å²) in [5.41, 5.74) is 8.15. The van der Waals surface area contributed by atoms with Crippen LogP contribution in [0.5, 0.6) is 11.8 Å². The van der Waals surface area contributed by atoms with Crippen LogP contribution in [-0.4, -0.2) is 79.3 Å². The molecular weight excluding hydrogens is 837 g/mol. The molecule has 2 aliphatic rings. The van der Waals surface area contributed by atoms with Gasteiger partial charge in [-0.05, 0) is 47.5 Å². The van der Waals surface area contributed by atoms with E-state index >= 15 is 0 Å². The molecule has 2 aliphatic heterocycles. The molecule has 0 aliphatic carbocycles. The van der Waals surface area contributed by atoms with Crippen LogP contribution in [0.2, 0.25) is 0 Å². The molecule has 6 N–H and O–H groups in total. The van der Waals surface area contributed by atoms with E-state index in [4.69, 9.17) is 9.98 Å². The lowest BCUT2D eigenvalue weighted by Crippen LogP contribution is -2.20. The largest absolute Gasteiger partial charge is 0.494 e. The highest BCUT2D eigenvalue weighted by Crippen LogP contribution is 2.35. The highest BCUT2D eigenvalue weighted by Gasteiger charge is 2.23. The molecule has 8 aromatic rings. The number of aliphatic imine (C=N–C) groups is 4. The van der Waals surface area contributed by atoms with E-state index in [0.29, 0.717) is 62.2 Å². The number of hydrogen-bond acceptors (Lipinski definition) is 12. The Morgan fingerprint density at radius 3 is 1.50 bits per heavy atom. The molecule has 0 unspecified atom stereocenters. The zero-order chi connectivity index (χ0) is 45.6. The molecule has 0 bridgehead atoms. The molecule has 0 fully saturated rings. The number of non-ortho nitro benzene ring substituents is 2. The van der Waals surface area contributed by atoms with Crippen molar-refractivity contribution in [1.29, 1.82) is 0 Å². The van der Waals surface area contributed by atoms with E-state index in [9.17, 15) is 30.4 Å². The molecule has 0 saturated heterocycles. The van der Waals surface area contributed by atoms with Gasteiger partial charge in [0.15, 0.2) is 11.8 Å². The molecule has 0 atom stereocenters. The first-order valence-electron chi connectivity index (χ1n) is 21.2. The summed E-state index contributed by atoms with van der Waals surface area (Å²) in [4.78, 5) is 46.3. The number of hydrogen-bond donors (Lipinski definition) is 6. The second-order valence-electron chi connectivity index (χ2n) is 15.5. The number of aromatic hydroxyl groups is 2. The fourth-order valence-electron chi connectivity index (χ4n) is 7.96. The van der Waals surface area contributed by atoms with Gasteiger partial charge in [-0.1, -0.05) is 84.9 Å². The van der Waals surface area contributed by atoms with Crippen LogP contribution in [0.1, 0.15) is 33.4 Å². The first-order valence-corrected chi connectivity index (χ1v) is 21.2. The van der Waals surface area contributed by atoms with Crippen molar-refractivity contribution in [2.24, 2.45) is 20.0 Å². The van der Waals surface area contributed by atoms with Gasteiger partial charge in [-0.15, -0.1) is 0 Å². The van der Waals surface area contributed by atoms with Gasteiger partial charge < -0.3 is 30.8 Å². The second-order valence-corrected chi connectivity index (χ2v) is 15.5. The van der Waals surface area contributed by atoms with Crippen LogP contribution in [0.4, 0.5) is 22.7 Å². The minimum atomic E-state index is -0.450. The van der Waals surface area contributed by atoms with Gasteiger partial charge in [-0.2, -0.15) is 0 Å². The highest BCUT2D eigenvalue weighted by atomic mass is 16.6. The number of aromatic amines is 2. The fourth-order valence-corrected chi connectivity index (χ4v) is 7.96. The summed E-state index contributed by atoms with van der Waals surface area (Å²) < 4.78 is 0. The van der Waals surface area contributed by atoms with Gasteiger partial charge in [0.25, 0.3) is 11.4 Å². The Labute approximate surface area is 377 Å². The van der Waals surface area contributed by atoms with Crippen LogP contribution >= 0.6 is 0 Å². The van der Waals surface area contributed by atoms with Crippen molar-refractivity contribution in [2.75, 3.05) is 26.2 Å². The summed E-state index contributed by atoms with van der Waals surface area (Å²) >= 11 is 0. The number of nitro groups is 2. The third-order valence-electron chi connectivity index (χ3n) is 11.1. The van der Waals surface area contributed by atoms with Gasteiger partial charge in [-0.25, -0.2) is 9.98 Å². The Morgan fingerprint density at radius 2 is 1.03 bits per heavy atom. The lowest BCUT2D eigenvalue weighted by molar-refractivity contribution is -0.384. The van der Waals surface area contributed by atoms with Crippen molar-refractivity contribution in [2.45, 2.75) is 12.8 Å². The standard InChI is InChI=1S/2C25H21N5O3/c31-25-23(20-15-19(30(32)33)9-10-21(20)29-25)24(17-6-2-1-3-7-17)28-18-8-4-5-16(13-18)14-22-26-11-12-27-22;31-25-23(20-15-19(30(32)33)10-11-21(20)29-25)24(17-4-2-1-3-5-17)28-18-8-6-16(7-9-18)14-22-26-12-13-27-22/h1-10,13,15,29,31H,11-12,14H2,(H,26,27);1-11,15,29,31H,12-14H2,(H,26,27). The summed E-state index contributed by atoms with van der Waals surface area (Å²) in [5.74, 6) is 1.77. The van der Waals surface area contributed by atoms with Gasteiger partial charge in [0.1, 0.15) is 11.7 Å². The van der Waals surface area contributed by atoms with E-state index < -0.39 is 9.85 Å². The van der Waals surface area contributed by atoms with E-state index in [2.05, 4.69) is 30.6 Å². The summed E-state index contributed by atoms with van der Waals surface area (Å²) in [6.07, 6.45) is 1.43. The number of benzene rings is 6. The minimum Gasteiger partial charge on any atom is -0.494 e. The van der Waals surface area contributed by atoms with Crippen LogP contribution < -0.4 is 10.6 Å². The second kappa shape index (κ2) is 18.8. The molecule has 328 valence electrons. The molecule has 6 aromatic carbocycles. The van der Waals surface area contributed by atoms with Crippen LogP contribution in [0, 0.1) is 20.2 Å². The van der Waals surface area contributed by atoms with Crippen molar-refractivity contribution in [3.05, 3.63) is 199 Å². The van der Waals surface area contributed by atoms with Crippen molar-refractivity contribution in [1.82, 2.24) is 20.6 Å². The topological polar surface area (TPSA) is 232 Å². The Morgan fingerprint density at radius 1 is 0.545 bits per heavy atom. The molecule has 4 heterocycles. The Bertz CT molecular complexity index is 3230. The molecule has 0 radical (unpaired) electrons. The van der Waals surface area contributed by atoms with Crippen molar-refractivity contribution in [3.63, 3.8) is 0 Å². The number of aromatic nitrogens is 2. The number of nitrogens with zero attached hydrogens (tertiary/aromatic N) is 6. The fraction of sp³-hybridized carbons (Fsp3) is 0.120. The van der Waals surface area contributed by atoms with Crippen LogP contribution in [0.15, 0.2) is 166 Å². The summed E-state index contributed by atoms with van der Waals surface area (Å²) in [6.45, 7) is 3.34. The summed E-state index contributed by atoms with van der Waals surface area (Å²) in [5, 5.41) is 51.9. The molecule has 16 nitrogen and oxygen atoms in total. The smallest absolute Gasteiger partial charge is 0.270 e. The highest BCUT2D eigenvalue weighted by molar-refractivity contribution is 6.23. The number of fused-ring (bicyclic) bond motifs is 2. The number of nitro benzene ring substituents is 2. The van der Waals surface area contributed by atoms with Crippen molar-refractivity contribution in [3.8, 4) is 11.8 Å². The summed E-state index contributed by atoms with van der Waals surface area (Å²) in [6, 6.07) is 43.5. The number of amidine groups is 2. The lowest BCUT2D eigenvalue weighted by Gasteiger charge is -2.09. The van der Waals surface area contributed by atoms with Gasteiger partial charge in [-0.3, -0.25) is 30.2 Å². The minimum absolute atomic E-state index is 0.0528. The zero-order valence-electron chi connectivity index (χ0n) is 35.3. The third-order valence-corrected chi connectivity index (χ3v) is 11.1. The first kappa shape index (κ1) is 42.4. The molecular formula is C50H42N10O6. The molecule has 0 amide bonds. The van der Waals surface area contributed by atoms with Crippen LogP contribution in [0.3, 0.4) is 0 Å². The van der Waals surface area contributed by atoms with Gasteiger partial charge in [0.2, 0.25) is 0 Å². The van der Waals surface area contributed by atoms with Crippen molar-refractivity contribution >= 4 is 67.7 Å². The molecule has 2 aromatic heterocycles. The quantitative estimate of drug-likeness (QED) is 0.0393. The Kier molecular flexibility index (Phi) is 12.1. The number of rotatable bonds is 12. The maximum Gasteiger partial charge on any atom is 0.270 e. The third kappa shape index (κ3) is 9.38. The van der Waals surface area contributed by atoms with E-state index in [-0.39, 0.29) is 23.1 Å². The number of nitrogens with one attached hydrogen (secondary N) is 4. The van der Waals surface area contributed by atoms with E-state index in [0.717, 1.165) is 66.5 Å². The molecule has 0 saturated carbocycles. The number of H-pyrrole nitrogens is 2. The Balaban J connectivity index is 0.000000166. The maximum atomic E-state index is 11.4. The Hall–Kier alpha value is -8.92. The average molecular weight is 879 g/mol.